The third kappa shape index (κ3) is 3.85. The van der Waals surface area contributed by atoms with Crippen molar-refractivity contribution in [1.82, 2.24) is 20.0 Å². The average molecular weight is 326 g/mol. The van der Waals surface area contributed by atoms with Crippen molar-refractivity contribution in [3.63, 3.8) is 0 Å². The maximum Gasteiger partial charge on any atom is 0.269 e. The monoisotopic (exact) mass is 326 g/mol. The molecular formula is C19H26N4O. The number of hydrogen-bond donors (Lipinski definition) is 1. The molecule has 1 aliphatic heterocycles. The van der Waals surface area contributed by atoms with Crippen molar-refractivity contribution in [2.75, 3.05) is 13.1 Å². The quantitative estimate of drug-likeness (QED) is 0.919. The highest BCUT2D eigenvalue weighted by molar-refractivity contribution is 5.92. The maximum atomic E-state index is 12.5. The van der Waals surface area contributed by atoms with E-state index in [4.69, 9.17) is 0 Å². The number of amides is 1. The molecule has 1 aromatic carbocycles. The van der Waals surface area contributed by atoms with Crippen LogP contribution in [-0.4, -0.2) is 39.7 Å². The van der Waals surface area contributed by atoms with E-state index in [1.54, 1.807) is 4.68 Å². The van der Waals surface area contributed by atoms with Crippen molar-refractivity contribution in [3.8, 4) is 0 Å². The Morgan fingerprint density at radius 2 is 2.08 bits per heavy atom. The number of aryl methyl sites for hydroxylation is 1. The van der Waals surface area contributed by atoms with Gasteiger partial charge >= 0.3 is 0 Å². The number of nitrogens with one attached hydrogen (secondary N) is 1. The molecule has 1 N–H and O–H groups in total. The van der Waals surface area contributed by atoms with Gasteiger partial charge in [0.2, 0.25) is 0 Å². The molecule has 1 aromatic heterocycles. The summed E-state index contributed by atoms with van der Waals surface area (Å²) >= 11 is 0. The third-order valence-electron chi connectivity index (χ3n) is 4.58. The standard InChI is InChI=1S/C19H26N4O/c1-14(2)17-11-18(22(3)21-17)19(24)20-16-9-10-23(13-16)12-15-7-5-4-6-8-15/h4-8,11,14,16H,9-10,12-13H2,1-3H3,(H,20,24)/t16-/m0/s1. The number of nitrogens with zero attached hydrogens (tertiary/aromatic N) is 3. The topological polar surface area (TPSA) is 50.2 Å². The van der Waals surface area contributed by atoms with Crippen LogP contribution in [0.2, 0.25) is 0 Å². The smallest absolute Gasteiger partial charge is 0.269 e. The van der Waals surface area contributed by atoms with Crippen LogP contribution < -0.4 is 5.32 Å². The van der Waals surface area contributed by atoms with E-state index in [1.165, 1.54) is 5.56 Å². The highest BCUT2D eigenvalue weighted by Gasteiger charge is 2.25. The SMILES string of the molecule is CC(C)c1cc(C(=O)N[C@H]2CCN(Cc3ccccc3)C2)n(C)n1. The summed E-state index contributed by atoms with van der Waals surface area (Å²) in [6.07, 6.45) is 0.994. The summed E-state index contributed by atoms with van der Waals surface area (Å²) in [5.74, 6) is 0.300. The Balaban J connectivity index is 1.56. The summed E-state index contributed by atoms with van der Waals surface area (Å²) < 4.78 is 1.68. The minimum absolute atomic E-state index is 0.0246. The molecule has 1 amide bonds. The van der Waals surface area contributed by atoms with Crippen LogP contribution in [0.3, 0.4) is 0 Å². The normalized spacial score (nSPS) is 18.2. The summed E-state index contributed by atoms with van der Waals surface area (Å²) in [6, 6.07) is 12.6. The van der Waals surface area contributed by atoms with Gasteiger partial charge in [-0.2, -0.15) is 5.10 Å². The number of hydrogen-bond acceptors (Lipinski definition) is 3. The molecule has 1 fully saturated rings. The van der Waals surface area contributed by atoms with Crippen LogP contribution in [0.5, 0.6) is 0 Å². The van der Waals surface area contributed by atoms with Crippen molar-refractivity contribution in [2.45, 2.75) is 38.8 Å². The maximum absolute atomic E-state index is 12.5. The lowest BCUT2D eigenvalue weighted by Crippen LogP contribution is -2.37. The summed E-state index contributed by atoms with van der Waals surface area (Å²) in [6.45, 7) is 7.03. The molecule has 1 saturated heterocycles. The van der Waals surface area contributed by atoms with E-state index in [0.717, 1.165) is 31.7 Å². The second-order valence-electron chi connectivity index (χ2n) is 6.91. The molecule has 5 heteroatoms. The molecule has 0 radical (unpaired) electrons. The van der Waals surface area contributed by atoms with Crippen LogP contribution in [0, 0.1) is 0 Å². The first-order valence-corrected chi connectivity index (χ1v) is 8.64. The van der Waals surface area contributed by atoms with Crippen LogP contribution in [0.1, 0.15) is 47.9 Å². The molecule has 24 heavy (non-hydrogen) atoms. The van der Waals surface area contributed by atoms with Crippen LogP contribution in [0.4, 0.5) is 0 Å². The number of benzene rings is 1. The largest absolute Gasteiger partial charge is 0.347 e. The Hall–Kier alpha value is -2.14. The van der Waals surface area contributed by atoms with E-state index in [9.17, 15) is 4.79 Å². The average Bonchev–Trinajstić information content (AvgIpc) is 3.15. The highest BCUT2D eigenvalue weighted by Crippen LogP contribution is 2.16. The molecule has 2 heterocycles. The van der Waals surface area contributed by atoms with Crippen LogP contribution in [0.25, 0.3) is 0 Å². The van der Waals surface area contributed by atoms with Crippen molar-refractivity contribution in [2.24, 2.45) is 7.05 Å². The molecule has 0 unspecified atom stereocenters. The molecule has 0 aliphatic carbocycles. The van der Waals surface area contributed by atoms with E-state index in [-0.39, 0.29) is 11.9 Å². The van der Waals surface area contributed by atoms with Crippen LogP contribution in [-0.2, 0) is 13.6 Å². The molecule has 3 rings (SSSR count). The second-order valence-corrected chi connectivity index (χ2v) is 6.91. The first kappa shape index (κ1) is 16.7. The number of carbonyl (C=O) groups excluding carboxylic acids is 1. The number of carbonyl (C=O) groups is 1. The van der Waals surface area contributed by atoms with Gasteiger partial charge in [-0.25, -0.2) is 0 Å². The molecule has 1 atom stereocenters. The van der Waals surface area contributed by atoms with Gasteiger partial charge < -0.3 is 5.32 Å². The lowest BCUT2D eigenvalue weighted by Gasteiger charge is -2.16. The van der Waals surface area contributed by atoms with Crippen LogP contribution in [0.15, 0.2) is 36.4 Å². The summed E-state index contributed by atoms with van der Waals surface area (Å²) in [7, 11) is 1.83. The predicted molar refractivity (Wildman–Crippen MR) is 94.9 cm³/mol. The fourth-order valence-electron chi connectivity index (χ4n) is 3.18. The van der Waals surface area contributed by atoms with Gasteiger partial charge in [0, 0.05) is 32.7 Å². The van der Waals surface area contributed by atoms with Crippen molar-refractivity contribution in [3.05, 3.63) is 53.3 Å². The molecular weight excluding hydrogens is 300 g/mol. The Morgan fingerprint density at radius 3 is 2.75 bits per heavy atom. The molecule has 128 valence electrons. The van der Waals surface area contributed by atoms with Gasteiger partial charge in [0.05, 0.1) is 5.69 Å². The lowest BCUT2D eigenvalue weighted by atomic mass is 10.1. The predicted octanol–water partition coefficient (Wildman–Crippen LogP) is 2.55. The molecule has 0 bridgehead atoms. The molecule has 5 nitrogen and oxygen atoms in total. The minimum atomic E-state index is -0.0246. The third-order valence-corrected chi connectivity index (χ3v) is 4.58. The van der Waals surface area contributed by atoms with Gasteiger partial charge in [0.1, 0.15) is 5.69 Å². The highest BCUT2D eigenvalue weighted by atomic mass is 16.2. The molecule has 0 spiro atoms. The fraction of sp³-hybridized carbons (Fsp3) is 0.474. The Bertz CT molecular complexity index is 693. The van der Waals surface area contributed by atoms with Gasteiger partial charge in [-0.1, -0.05) is 44.2 Å². The summed E-state index contributed by atoms with van der Waals surface area (Å²) in [5, 5.41) is 7.58. The Morgan fingerprint density at radius 1 is 1.33 bits per heavy atom. The van der Waals surface area contributed by atoms with Crippen molar-refractivity contribution in [1.29, 1.82) is 0 Å². The molecule has 1 aliphatic rings. The van der Waals surface area contributed by atoms with Gasteiger partial charge in [0.25, 0.3) is 5.91 Å². The zero-order valence-corrected chi connectivity index (χ0v) is 14.7. The fourth-order valence-corrected chi connectivity index (χ4v) is 3.18. The van der Waals surface area contributed by atoms with Gasteiger partial charge in [0.15, 0.2) is 0 Å². The minimum Gasteiger partial charge on any atom is -0.347 e. The van der Waals surface area contributed by atoms with E-state index in [2.05, 4.69) is 53.4 Å². The first-order valence-electron chi connectivity index (χ1n) is 8.64. The molecule has 2 aromatic rings. The first-order chi connectivity index (χ1) is 11.5. The van der Waals surface area contributed by atoms with E-state index >= 15 is 0 Å². The molecule has 0 saturated carbocycles. The second kappa shape index (κ2) is 7.18. The van der Waals surface area contributed by atoms with E-state index in [0.29, 0.717) is 11.6 Å². The number of aromatic nitrogens is 2. The Kier molecular flexibility index (Phi) is 5.00. The summed E-state index contributed by atoms with van der Waals surface area (Å²) in [5.41, 5.74) is 2.91. The number of likely N-dealkylation sites (tertiary alicyclic amines) is 1. The van der Waals surface area contributed by atoms with Gasteiger partial charge in [-0.05, 0) is 24.0 Å². The van der Waals surface area contributed by atoms with Crippen molar-refractivity contribution >= 4 is 5.91 Å². The van der Waals surface area contributed by atoms with Crippen LogP contribution >= 0.6 is 0 Å². The lowest BCUT2D eigenvalue weighted by molar-refractivity contribution is 0.0928. The summed E-state index contributed by atoms with van der Waals surface area (Å²) in [4.78, 5) is 14.9. The van der Waals surface area contributed by atoms with E-state index in [1.807, 2.05) is 19.2 Å². The zero-order chi connectivity index (χ0) is 17.1. The number of rotatable bonds is 5. The zero-order valence-electron chi connectivity index (χ0n) is 14.7. The Labute approximate surface area is 143 Å². The van der Waals surface area contributed by atoms with Gasteiger partial charge in [-0.15, -0.1) is 0 Å². The van der Waals surface area contributed by atoms with Crippen molar-refractivity contribution < 1.29 is 4.79 Å². The van der Waals surface area contributed by atoms with E-state index < -0.39 is 0 Å². The van der Waals surface area contributed by atoms with Gasteiger partial charge in [-0.3, -0.25) is 14.4 Å².